The first-order valence-electron chi connectivity index (χ1n) is 6.93. The summed E-state index contributed by atoms with van der Waals surface area (Å²) in [5, 5.41) is 16.2. The summed E-state index contributed by atoms with van der Waals surface area (Å²) >= 11 is 0. The molecule has 2 heterocycles. The smallest absolute Gasteiger partial charge is 0.352 e. The number of hydrogen-bond donors (Lipinski definition) is 2. The van der Waals surface area contributed by atoms with E-state index in [1.807, 2.05) is 38.1 Å². The van der Waals surface area contributed by atoms with Gasteiger partial charge in [-0.2, -0.15) is 10.1 Å². The molecule has 0 aliphatic carbocycles. The topological polar surface area (TPSA) is 89.3 Å². The lowest BCUT2D eigenvalue weighted by Crippen LogP contribution is -2.25. The number of benzene rings is 1. The van der Waals surface area contributed by atoms with Gasteiger partial charge in [0.2, 0.25) is 5.95 Å². The summed E-state index contributed by atoms with van der Waals surface area (Å²) in [6, 6.07) is 7.14. The van der Waals surface area contributed by atoms with Crippen molar-refractivity contribution < 1.29 is 14.6 Å². The van der Waals surface area contributed by atoms with Gasteiger partial charge in [0.15, 0.2) is 0 Å². The normalized spacial score (nSPS) is 16.7. The third-order valence-electron chi connectivity index (χ3n) is 3.24. The van der Waals surface area contributed by atoms with Gasteiger partial charge < -0.3 is 15.2 Å². The average Bonchev–Trinajstić information content (AvgIpc) is 2.94. The van der Waals surface area contributed by atoms with Gasteiger partial charge in [-0.15, -0.1) is 0 Å². The molecule has 0 saturated heterocycles. The SMILES string of the molecule is CC(C)Oc1ccccc1C1C=C(C(=O)O)Nc2ncnn21. The second kappa shape index (κ2) is 5.51. The van der Waals surface area contributed by atoms with E-state index in [2.05, 4.69) is 15.4 Å². The number of anilines is 1. The molecule has 0 fully saturated rings. The van der Waals surface area contributed by atoms with Crippen molar-refractivity contribution in [1.82, 2.24) is 14.8 Å². The monoisotopic (exact) mass is 300 g/mol. The Morgan fingerprint density at radius 2 is 2.18 bits per heavy atom. The summed E-state index contributed by atoms with van der Waals surface area (Å²) < 4.78 is 7.46. The number of carbonyl (C=O) groups is 1. The molecule has 3 rings (SSSR count). The Balaban J connectivity index is 2.09. The van der Waals surface area contributed by atoms with Crippen LogP contribution in [-0.2, 0) is 4.79 Å². The highest BCUT2D eigenvalue weighted by Gasteiger charge is 2.27. The van der Waals surface area contributed by atoms with Crippen LogP contribution in [0.4, 0.5) is 5.95 Å². The van der Waals surface area contributed by atoms with Crippen molar-refractivity contribution in [3.8, 4) is 5.75 Å². The number of para-hydroxylation sites is 1. The van der Waals surface area contributed by atoms with Gasteiger partial charge in [-0.25, -0.2) is 9.48 Å². The fourth-order valence-corrected chi connectivity index (χ4v) is 2.37. The fraction of sp³-hybridized carbons (Fsp3) is 0.267. The molecule has 114 valence electrons. The number of aromatic nitrogens is 3. The predicted octanol–water partition coefficient (Wildman–Crippen LogP) is 2.05. The van der Waals surface area contributed by atoms with Crippen LogP contribution in [0.2, 0.25) is 0 Å². The van der Waals surface area contributed by atoms with Gasteiger partial charge in [-0.1, -0.05) is 18.2 Å². The molecule has 0 bridgehead atoms. The Kier molecular flexibility index (Phi) is 3.54. The van der Waals surface area contributed by atoms with Crippen LogP contribution in [0.15, 0.2) is 42.4 Å². The van der Waals surface area contributed by atoms with Gasteiger partial charge in [0.1, 0.15) is 23.8 Å². The average molecular weight is 300 g/mol. The molecule has 1 aromatic carbocycles. The highest BCUT2D eigenvalue weighted by molar-refractivity contribution is 5.90. The van der Waals surface area contributed by atoms with Gasteiger partial charge in [0, 0.05) is 5.56 Å². The Labute approximate surface area is 127 Å². The van der Waals surface area contributed by atoms with E-state index in [0.717, 1.165) is 5.56 Å². The molecule has 2 N–H and O–H groups in total. The van der Waals surface area contributed by atoms with Gasteiger partial charge in [0.05, 0.1) is 6.10 Å². The minimum Gasteiger partial charge on any atom is -0.491 e. The molecule has 1 aromatic heterocycles. The standard InChI is InChI=1S/C15H16N4O3/c1-9(2)22-13-6-4-3-5-10(13)12-7-11(14(20)21)18-15-16-8-17-19(12)15/h3-9,12H,1-2H3,(H,20,21)(H,16,17,18). The van der Waals surface area contributed by atoms with Crippen molar-refractivity contribution in [2.24, 2.45) is 0 Å². The first kappa shape index (κ1) is 14.1. The van der Waals surface area contributed by atoms with Crippen molar-refractivity contribution in [2.45, 2.75) is 26.0 Å². The number of nitrogens with one attached hydrogen (secondary N) is 1. The van der Waals surface area contributed by atoms with E-state index in [0.29, 0.717) is 11.7 Å². The molecule has 7 nitrogen and oxygen atoms in total. The zero-order chi connectivity index (χ0) is 15.7. The van der Waals surface area contributed by atoms with Gasteiger partial charge >= 0.3 is 5.97 Å². The van der Waals surface area contributed by atoms with E-state index in [1.165, 1.54) is 6.33 Å². The zero-order valence-electron chi connectivity index (χ0n) is 12.2. The summed E-state index contributed by atoms with van der Waals surface area (Å²) in [5.41, 5.74) is 0.910. The van der Waals surface area contributed by atoms with E-state index in [1.54, 1.807) is 10.8 Å². The lowest BCUT2D eigenvalue weighted by atomic mass is 10.0. The summed E-state index contributed by atoms with van der Waals surface area (Å²) in [6.07, 6.45) is 3.01. The van der Waals surface area contributed by atoms with E-state index in [-0.39, 0.29) is 17.8 Å². The molecule has 7 heteroatoms. The zero-order valence-corrected chi connectivity index (χ0v) is 12.2. The first-order chi connectivity index (χ1) is 10.6. The quantitative estimate of drug-likeness (QED) is 0.898. The van der Waals surface area contributed by atoms with Gasteiger partial charge in [-0.05, 0) is 26.0 Å². The molecular formula is C15H16N4O3. The summed E-state index contributed by atoms with van der Waals surface area (Å²) in [5.74, 6) is 0.0533. The number of allylic oxidation sites excluding steroid dienone is 1. The minimum atomic E-state index is -1.04. The van der Waals surface area contributed by atoms with Crippen molar-refractivity contribution in [3.05, 3.63) is 47.9 Å². The highest BCUT2D eigenvalue weighted by atomic mass is 16.5. The number of fused-ring (bicyclic) bond motifs is 1. The van der Waals surface area contributed by atoms with Crippen LogP contribution >= 0.6 is 0 Å². The Bertz CT molecular complexity index is 736. The van der Waals surface area contributed by atoms with Crippen molar-refractivity contribution >= 4 is 11.9 Å². The van der Waals surface area contributed by atoms with Crippen molar-refractivity contribution in [3.63, 3.8) is 0 Å². The number of ether oxygens (including phenoxy) is 1. The van der Waals surface area contributed by atoms with E-state index in [4.69, 9.17) is 4.74 Å². The number of nitrogens with zero attached hydrogens (tertiary/aromatic N) is 3. The van der Waals surface area contributed by atoms with Crippen LogP contribution in [-0.4, -0.2) is 31.9 Å². The first-order valence-corrected chi connectivity index (χ1v) is 6.93. The molecule has 2 aromatic rings. The predicted molar refractivity (Wildman–Crippen MR) is 79.7 cm³/mol. The Morgan fingerprint density at radius 3 is 2.91 bits per heavy atom. The Morgan fingerprint density at radius 1 is 1.41 bits per heavy atom. The largest absolute Gasteiger partial charge is 0.491 e. The maximum atomic E-state index is 11.3. The summed E-state index contributed by atoms with van der Waals surface area (Å²) in [6.45, 7) is 3.89. The van der Waals surface area contributed by atoms with Gasteiger partial charge in [-0.3, -0.25) is 0 Å². The lowest BCUT2D eigenvalue weighted by molar-refractivity contribution is -0.132. The Hall–Kier alpha value is -2.83. The lowest BCUT2D eigenvalue weighted by Gasteiger charge is -2.24. The molecule has 1 unspecified atom stereocenters. The minimum absolute atomic E-state index is 0.0148. The molecule has 1 atom stereocenters. The number of aliphatic carboxylic acids is 1. The van der Waals surface area contributed by atoms with E-state index >= 15 is 0 Å². The molecule has 1 aliphatic rings. The van der Waals surface area contributed by atoms with Gasteiger partial charge in [0.25, 0.3) is 0 Å². The summed E-state index contributed by atoms with van der Waals surface area (Å²) in [7, 11) is 0. The summed E-state index contributed by atoms with van der Waals surface area (Å²) in [4.78, 5) is 15.4. The third-order valence-corrected chi connectivity index (χ3v) is 3.24. The van der Waals surface area contributed by atoms with E-state index in [9.17, 15) is 9.90 Å². The molecule has 22 heavy (non-hydrogen) atoms. The van der Waals surface area contributed by atoms with Crippen LogP contribution in [0, 0.1) is 0 Å². The van der Waals surface area contributed by atoms with Crippen LogP contribution in [0.25, 0.3) is 0 Å². The molecule has 0 amide bonds. The van der Waals surface area contributed by atoms with Crippen LogP contribution < -0.4 is 10.1 Å². The second-order valence-corrected chi connectivity index (χ2v) is 5.19. The highest BCUT2D eigenvalue weighted by Crippen LogP contribution is 2.34. The van der Waals surface area contributed by atoms with Crippen molar-refractivity contribution in [1.29, 1.82) is 0 Å². The van der Waals surface area contributed by atoms with Crippen molar-refractivity contribution in [2.75, 3.05) is 5.32 Å². The van der Waals surface area contributed by atoms with E-state index < -0.39 is 5.97 Å². The third kappa shape index (κ3) is 2.52. The number of carboxylic acids is 1. The maximum Gasteiger partial charge on any atom is 0.352 e. The second-order valence-electron chi connectivity index (χ2n) is 5.19. The fourth-order valence-electron chi connectivity index (χ4n) is 2.37. The molecule has 0 spiro atoms. The van der Waals surface area contributed by atoms with Crippen LogP contribution in [0.3, 0.4) is 0 Å². The molecule has 1 aliphatic heterocycles. The van der Waals surface area contributed by atoms with Crippen LogP contribution in [0.1, 0.15) is 25.5 Å². The molecular weight excluding hydrogens is 284 g/mol. The van der Waals surface area contributed by atoms with Crippen LogP contribution in [0.5, 0.6) is 5.75 Å². The number of rotatable bonds is 4. The maximum absolute atomic E-state index is 11.3. The molecule has 0 saturated carbocycles. The molecule has 0 radical (unpaired) electrons. The number of hydrogen-bond acceptors (Lipinski definition) is 5. The number of carboxylic acid groups (broad SMARTS) is 1.